The lowest BCUT2D eigenvalue weighted by molar-refractivity contribution is 0.187. The van der Waals surface area contributed by atoms with Crippen molar-refractivity contribution in [3.05, 3.63) is 34.3 Å². The summed E-state index contributed by atoms with van der Waals surface area (Å²) in [5, 5.41) is 5.49. The van der Waals surface area contributed by atoms with E-state index in [1.165, 1.54) is 4.88 Å². The van der Waals surface area contributed by atoms with Crippen LogP contribution in [0.25, 0.3) is 0 Å². The SMILES string of the molecule is COCCn1cc(C)nc1NCCc1cccs1. The predicted molar refractivity (Wildman–Crippen MR) is 75.4 cm³/mol. The van der Waals surface area contributed by atoms with Crippen molar-refractivity contribution in [1.29, 1.82) is 0 Å². The molecule has 0 atom stereocenters. The average molecular weight is 265 g/mol. The standard InChI is InChI=1S/C13H19N3OS/c1-11-10-16(7-8-17-2)13(15-11)14-6-5-12-4-3-9-18-12/h3-4,9-10H,5-8H2,1-2H3,(H,14,15). The predicted octanol–water partition coefficient (Wildman–Crippen LogP) is 2.55. The zero-order valence-corrected chi connectivity index (χ0v) is 11.7. The molecule has 0 aliphatic rings. The van der Waals surface area contributed by atoms with Crippen LogP contribution < -0.4 is 5.32 Å². The average Bonchev–Trinajstić information content (AvgIpc) is 2.97. The Morgan fingerprint density at radius 1 is 1.50 bits per heavy atom. The number of hydrogen-bond acceptors (Lipinski definition) is 4. The molecule has 0 radical (unpaired) electrons. The summed E-state index contributed by atoms with van der Waals surface area (Å²) in [4.78, 5) is 5.88. The van der Waals surface area contributed by atoms with Crippen molar-refractivity contribution in [1.82, 2.24) is 9.55 Å². The van der Waals surface area contributed by atoms with Gasteiger partial charge in [0.25, 0.3) is 0 Å². The molecule has 4 nitrogen and oxygen atoms in total. The van der Waals surface area contributed by atoms with Gasteiger partial charge in [-0.3, -0.25) is 0 Å². The number of aromatic nitrogens is 2. The van der Waals surface area contributed by atoms with Gasteiger partial charge in [0, 0.05) is 31.3 Å². The molecule has 0 aliphatic carbocycles. The smallest absolute Gasteiger partial charge is 0.203 e. The number of rotatable bonds is 7. The summed E-state index contributed by atoms with van der Waals surface area (Å²) in [7, 11) is 1.72. The number of anilines is 1. The molecule has 18 heavy (non-hydrogen) atoms. The summed E-state index contributed by atoms with van der Waals surface area (Å²) in [5.41, 5.74) is 1.03. The molecule has 0 saturated carbocycles. The van der Waals surface area contributed by atoms with E-state index in [4.69, 9.17) is 4.74 Å². The molecule has 0 saturated heterocycles. The second-order valence-electron chi connectivity index (χ2n) is 4.15. The molecule has 1 N–H and O–H groups in total. The Balaban J connectivity index is 1.87. The molecular formula is C13H19N3OS. The molecule has 0 bridgehead atoms. The highest BCUT2D eigenvalue weighted by Crippen LogP contribution is 2.11. The molecule has 2 heterocycles. The monoisotopic (exact) mass is 265 g/mol. The molecule has 0 amide bonds. The first kappa shape index (κ1) is 13.1. The topological polar surface area (TPSA) is 39.1 Å². The van der Waals surface area contributed by atoms with Crippen molar-refractivity contribution < 1.29 is 4.74 Å². The van der Waals surface area contributed by atoms with Crippen LogP contribution in [0.1, 0.15) is 10.6 Å². The van der Waals surface area contributed by atoms with Crippen molar-refractivity contribution in [3.63, 3.8) is 0 Å². The molecule has 0 aliphatic heterocycles. The summed E-state index contributed by atoms with van der Waals surface area (Å²) in [6.07, 6.45) is 3.08. The van der Waals surface area contributed by atoms with Gasteiger partial charge >= 0.3 is 0 Å². The summed E-state index contributed by atoms with van der Waals surface area (Å²) >= 11 is 1.79. The largest absolute Gasteiger partial charge is 0.383 e. The highest BCUT2D eigenvalue weighted by atomic mass is 32.1. The molecule has 0 unspecified atom stereocenters. The van der Waals surface area contributed by atoms with Crippen LogP contribution in [0.3, 0.4) is 0 Å². The Labute approximate surface area is 112 Å². The van der Waals surface area contributed by atoms with Crippen molar-refractivity contribution >= 4 is 17.3 Å². The third-order valence-electron chi connectivity index (χ3n) is 2.67. The van der Waals surface area contributed by atoms with Crippen LogP contribution >= 0.6 is 11.3 Å². The van der Waals surface area contributed by atoms with E-state index < -0.39 is 0 Å². The first-order valence-electron chi connectivity index (χ1n) is 6.08. The molecule has 0 aromatic carbocycles. The lowest BCUT2D eigenvalue weighted by atomic mass is 10.3. The van der Waals surface area contributed by atoms with E-state index in [1.807, 2.05) is 13.1 Å². The second-order valence-corrected chi connectivity index (χ2v) is 5.18. The minimum absolute atomic E-state index is 0.704. The Morgan fingerprint density at radius 2 is 2.39 bits per heavy atom. The number of nitrogens with zero attached hydrogens (tertiary/aromatic N) is 2. The molecule has 2 aromatic heterocycles. The normalized spacial score (nSPS) is 10.8. The van der Waals surface area contributed by atoms with Gasteiger partial charge in [-0.15, -0.1) is 11.3 Å². The third kappa shape index (κ3) is 3.58. The molecule has 5 heteroatoms. The summed E-state index contributed by atoms with van der Waals surface area (Å²) in [6, 6.07) is 4.25. The van der Waals surface area contributed by atoms with E-state index in [0.717, 1.165) is 31.2 Å². The van der Waals surface area contributed by atoms with E-state index in [0.29, 0.717) is 6.61 Å². The van der Waals surface area contributed by atoms with Crippen LogP contribution in [-0.4, -0.2) is 29.8 Å². The maximum atomic E-state index is 5.10. The van der Waals surface area contributed by atoms with Crippen molar-refractivity contribution in [2.75, 3.05) is 25.6 Å². The first-order chi connectivity index (χ1) is 8.79. The van der Waals surface area contributed by atoms with Gasteiger partial charge in [-0.2, -0.15) is 0 Å². The van der Waals surface area contributed by atoms with Crippen molar-refractivity contribution in [3.8, 4) is 0 Å². The number of nitrogens with one attached hydrogen (secondary N) is 1. The van der Waals surface area contributed by atoms with E-state index in [1.54, 1.807) is 18.4 Å². The lowest BCUT2D eigenvalue weighted by Gasteiger charge is -2.08. The van der Waals surface area contributed by atoms with Gasteiger partial charge in [0.2, 0.25) is 5.95 Å². The molecule has 2 aromatic rings. The minimum Gasteiger partial charge on any atom is -0.383 e. The van der Waals surface area contributed by atoms with Crippen LogP contribution in [0.4, 0.5) is 5.95 Å². The highest BCUT2D eigenvalue weighted by molar-refractivity contribution is 7.09. The number of ether oxygens (including phenoxy) is 1. The fourth-order valence-electron chi connectivity index (χ4n) is 1.80. The van der Waals surface area contributed by atoms with Crippen molar-refractivity contribution in [2.24, 2.45) is 0 Å². The van der Waals surface area contributed by atoms with Gasteiger partial charge in [-0.1, -0.05) is 6.07 Å². The van der Waals surface area contributed by atoms with Gasteiger partial charge in [0.15, 0.2) is 0 Å². The third-order valence-corrected chi connectivity index (χ3v) is 3.60. The fraction of sp³-hybridized carbons (Fsp3) is 0.462. The lowest BCUT2D eigenvalue weighted by Crippen LogP contribution is -2.12. The minimum atomic E-state index is 0.704. The van der Waals surface area contributed by atoms with Crippen LogP contribution in [0, 0.1) is 6.92 Å². The molecular weight excluding hydrogens is 246 g/mol. The van der Waals surface area contributed by atoms with Crippen LogP contribution in [-0.2, 0) is 17.7 Å². The number of aryl methyl sites for hydroxylation is 1. The number of hydrogen-bond donors (Lipinski definition) is 1. The van der Waals surface area contributed by atoms with Crippen LogP contribution in [0.15, 0.2) is 23.7 Å². The molecule has 98 valence electrons. The summed E-state index contributed by atoms with van der Waals surface area (Å²) in [5.74, 6) is 0.932. The Bertz CT molecular complexity index is 465. The molecule has 2 rings (SSSR count). The molecule has 0 fully saturated rings. The number of imidazole rings is 1. The first-order valence-corrected chi connectivity index (χ1v) is 6.96. The fourth-order valence-corrected chi connectivity index (χ4v) is 2.51. The number of thiophene rings is 1. The van der Waals surface area contributed by atoms with Gasteiger partial charge in [-0.05, 0) is 24.8 Å². The Kier molecular flexibility index (Phi) is 4.78. The van der Waals surface area contributed by atoms with Gasteiger partial charge in [0.05, 0.1) is 12.3 Å². The summed E-state index contributed by atoms with van der Waals surface area (Å²) in [6.45, 7) is 4.45. The van der Waals surface area contributed by atoms with Crippen LogP contribution in [0.5, 0.6) is 0 Å². The Hall–Kier alpha value is -1.33. The number of methoxy groups -OCH3 is 1. The maximum Gasteiger partial charge on any atom is 0.203 e. The van der Waals surface area contributed by atoms with E-state index >= 15 is 0 Å². The molecule has 0 spiro atoms. The van der Waals surface area contributed by atoms with E-state index in [2.05, 4.69) is 32.4 Å². The maximum absolute atomic E-state index is 5.10. The summed E-state index contributed by atoms with van der Waals surface area (Å²) < 4.78 is 7.20. The van der Waals surface area contributed by atoms with Gasteiger partial charge in [0.1, 0.15) is 0 Å². The Morgan fingerprint density at radius 3 is 3.11 bits per heavy atom. The van der Waals surface area contributed by atoms with E-state index in [9.17, 15) is 0 Å². The van der Waals surface area contributed by atoms with E-state index in [-0.39, 0.29) is 0 Å². The van der Waals surface area contributed by atoms with Crippen LogP contribution in [0.2, 0.25) is 0 Å². The van der Waals surface area contributed by atoms with Gasteiger partial charge in [-0.25, -0.2) is 4.98 Å². The zero-order chi connectivity index (χ0) is 12.8. The zero-order valence-electron chi connectivity index (χ0n) is 10.8. The van der Waals surface area contributed by atoms with Crippen molar-refractivity contribution in [2.45, 2.75) is 19.9 Å². The van der Waals surface area contributed by atoms with Gasteiger partial charge < -0.3 is 14.6 Å². The highest BCUT2D eigenvalue weighted by Gasteiger charge is 2.04. The quantitative estimate of drug-likeness (QED) is 0.836. The second kappa shape index (κ2) is 6.56.